The molecule has 0 radical (unpaired) electrons. The summed E-state index contributed by atoms with van der Waals surface area (Å²) in [5.41, 5.74) is 7.91. The Bertz CT molecular complexity index is 653. The van der Waals surface area contributed by atoms with Crippen LogP contribution in [0.3, 0.4) is 0 Å². The van der Waals surface area contributed by atoms with Gasteiger partial charge in [0.15, 0.2) is 0 Å². The SMILES string of the molecule is Cl.N[C@H]1CCN(c2c(Br)cccc2C=C2SC(=O)NC2=O)C1. The molecule has 2 fully saturated rings. The van der Waals surface area contributed by atoms with Crippen LogP contribution in [0, 0.1) is 0 Å². The summed E-state index contributed by atoms with van der Waals surface area (Å²) >= 11 is 4.50. The van der Waals surface area contributed by atoms with Gasteiger partial charge in [-0.1, -0.05) is 12.1 Å². The van der Waals surface area contributed by atoms with Crippen LogP contribution < -0.4 is 16.0 Å². The molecule has 2 amide bonds. The van der Waals surface area contributed by atoms with Crippen molar-refractivity contribution in [1.29, 1.82) is 0 Å². The standard InChI is InChI=1S/C14H14BrN3O2S.ClH/c15-10-3-1-2-8(6-11-13(19)17-14(20)21-11)12(10)18-5-4-9(16)7-18;/h1-3,6,9H,4-5,7,16H2,(H,17,19,20);1H/t9-;/m0./s1. The zero-order chi connectivity index (χ0) is 15.0. The van der Waals surface area contributed by atoms with Gasteiger partial charge in [0, 0.05) is 29.2 Å². The van der Waals surface area contributed by atoms with Crippen molar-refractivity contribution in [2.45, 2.75) is 12.5 Å². The summed E-state index contributed by atoms with van der Waals surface area (Å²) in [4.78, 5) is 25.6. The highest BCUT2D eigenvalue weighted by Gasteiger charge is 2.27. The van der Waals surface area contributed by atoms with E-state index in [0.29, 0.717) is 4.91 Å². The number of halogens is 2. The number of thioether (sulfide) groups is 1. The van der Waals surface area contributed by atoms with Gasteiger partial charge in [0.2, 0.25) is 0 Å². The molecule has 0 saturated carbocycles. The normalized spacial score (nSPS) is 22.9. The van der Waals surface area contributed by atoms with Crippen molar-refractivity contribution in [3.8, 4) is 0 Å². The summed E-state index contributed by atoms with van der Waals surface area (Å²) in [5, 5.41) is 1.94. The highest BCUT2D eigenvalue weighted by Crippen LogP contribution is 2.35. The molecule has 22 heavy (non-hydrogen) atoms. The van der Waals surface area contributed by atoms with Gasteiger partial charge in [-0.05, 0) is 46.3 Å². The number of hydrogen-bond acceptors (Lipinski definition) is 5. The minimum Gasteiger partial charge on any atom is -0.369 e. The fourth-order valence-electron chi connectivity index (χ4n) is 2.53. The summed E-state index contributed by atoms with van der Waals surface area (Å²) in [6, 6.07) is 5.99. The second kappa shape index (κ2) is 7.04. The maximum absolute atomic E-state index is 11.7. The van der Waals surface area contributed by atoms with Crippen LogP contribution in [0.1, 0.15) is 12.0 Å². The Morgan fingerprint density at radius 3 is 2.77 bits per heavy atom. The summed E-state index contributed by atoms with van der Waals surface area (Å²) in [6.45, 7) is 1.68. The molecule has 2 heterocycles. The van der Waals surface area contributed by atoms with E-state index in [1.165, 1.54) is 0 Å². The van der Waals surface area contributed by atoms with Crippen molar-refractivity contribution in [3.63, 3.8) is 0 Å². The van der Waals surface area contributed by atoms with Crippen molar-refractivity contribution < 1.29 is 9.59 Å². The number of carbonyl (C=O) groups is 2. The molecule has 2 aliphatic rings. The number of anilines is 1. The molecule has 1 aromatic rings. The molecule has 2 aliphatic heterocycles. The van der Waals surface area contributed by atoms with Crippen LogP contribution in [0.2, 0.25) is 0 Å². The number of nitrogens with one attached hydrogen (secondary N) is 1. The van der Waals surface area contributed by atoms with E-state index in [1.54, 1.807) is 6.08 Å². The second-order valence-electron chi connectivity index (χ2n) is 5.02. The maximum Gasteiger partial charge on any atom is 0.290 e. The summed E-state index contributed by atoms with van der Waals surface area (Å²) in [7, 11) is 0. The molecule has 0 spiro atoms. The Balaban J connectivity index is 0.00000176. The number of amides is 2. The monoisotopic (exact) mass is 403 g/mol. The fourth-order valence-corrected chi connectivity index (χ4v) is 3.84. The first-order valence-corrected chi connectivity index (χ1v) is 8.19. The van der Waals surface area contributed by atoms with Crippen molar-refractivity contribution >= 4 is 63.0 Å². The average molecular weight is 405 g/mol. The Morgan fingerprint density at radius 2 is 2.18 bits per heavy atom. The van der Waals surface area contributed by atoms with E-state index in [-0.39, 0.29) is 29.6 Å². The Hall–Kier alpha value is -1.02. The lowest BCUT2D eigenvalue weighted by molar-refractivity contribution is -0.115. The quantitative estimate of drug-likeness (QED) is 0.741. The van der Waals surface area contributed by atoms with Crippen molar-refractivity contribution in [2.75, 3.05) is 18.0 Å². The van der Waals surface area contributed by atoms with Crippen LogP contribution in [0.5, 0.6) is 0 Å². The van der Waals surface area contributed by atoms with Gasteiger partial charge in [0.05, 0.1) is 10.6 Å². The van der Waals surface area contributed by atoms with Crippen molar-refractivity contribution in [1.82, 2.24) is 5.32 Å². The minimum absolute atomic E-state index is 0. The van der Waals surface area contributed by atoms with Crippen LogP contribution in [0.25, 0.3) is 6.08 Å². The molecule has 118 valence electrons. The summed E-state index contributed by atoms with van der Waals surface area (Å²) in [5.74, 6) is -0.339. The fraction of sp³-hybridized carbons (Fsp3) is 0.286. The zero-order valence-corrected chi connectivity index (χ0v) is 14.8. The largest absolute Gasteiger partial charge is 0.369 e. The van der Waals surface area contributed by atoms with Gasteiger partial charge in [-0.15, -0.1) is 12.4 Å². The first-order chi connectivity index (χ1) is 10.0. The zero-order valence-electron chi connectivity index (χ0n) is 11.5. The van der Waals surface area contributed by atoms with Crippen molar-refractivity contribution in [2.24, 2.45) is 5.73 Å². The lowest BCUT2D eigenvalue weighted by Crippen LogP contribution is -2.27. The van der Waals surface area contributed by atoms with Gasteiger partial charge < -0.3 is 10.6 Å². The van der Waals surface area contributed by atoms with Crippen LogP contribution in [-0.4, -0.2) is 30.3 Å². The summed E-state index contributed by atoms with van der Waals surface area (Å²) < 4.78 is 0.959. The highest BCUT2D eigenvalue weighted by atomic mass is 79.9. The first-order valence-electron chi connectivity index (χ1n) is 6.58. The molecule has 3 rings (SSSR count). The van der Waals surface area contributed by atoms with E-state index in [1.807, 2.05) is 18.2 Å². The number of rotatable bonds is 2. The van der Waals surface area contributed by atoms with Gasteiger partial charge in [-0.3, -0.25) is 14.9 Å². The Labute approximate surface area is 147 Å². The summed E-state index contributed by atoms with van der Waals surface area (Å²) in [6.07, 6.45) is 2.71. The number of imide groups is 1. The molecule has 0 unspecified atom stereocenters. The molecule has 3 N–H and O–H groups in total. The molecule has 5 nitrogen and oxygen atoms in total. The molecular weight excluding hydrogens is 390 g/mol. The van der Waals surface area contributed by atoms with E-state index in [4.69, 9.17) is 5.73 Å². The van der Waals surface area contributed by atoms with Crippen LogP contribution >= 0.6 is 40.1 Å². The lowest BCUT2D eigenvalue weighted by Gasteiger charge is -2.22. The predicted molar refractivity (Wildman–Crippen MR) is 95.3 cm³/mol. The van der Waals surface area contributed by atoms with E-state index in [2.05, 4.69) is 26.1 Å². The third-order valence-electron chi connectivity index (χ3n) is 3.49. The lowest BCUT2D eigenvalue weighted by atomic mass is 10.1. The van der Waals surface area contributed by atoms with Crippen molar-refractivity contribution in [3.05, 3.63) is 33.1 Å². The average Bonchev–Trinajstić information content (AvgIpc) is 2.96. The molecule has 2 saturated heterocycles. The topological polar surface area (TPSA) is 75.4 Å². The number of carbonyl (C=O) groups excluding carboxylic acids is 2. The van der Waals surface area contributed by atoms with Gasteiger partial charge in [0.25, 0.3) is 11.1 Å². The molecule has 1 atom stereocenters. The van der Waals surface area contributed by atoms with Crippen LogP contribution in [0.4, 0.5) is 10.5 Å². The molecule has 0 aromatic heterocycles. The number of nitrogens with two attached hydrogens (primary N) is 1. The van der Waals surface area contributed by atoms with Gasteiger partial charge >= 0.3 is 0 Å². The number of hydrogen-bond donors (Lipinski definition) is 2. The molecule has 0 bridgehead atoms. The third kappa shape index (κ3) is 3.48. The van der Waals surface area contributed by atoms with Gasteiger partial charge in [0.1, 0.15) is 0 Å². The first kappa shape index (κ1) is 17.3. The van der Waals surface area contributed by atoms with E-state index >= 15 is 0 Å². The van der Waals surface area contributed by atoms with Crippen LogP contribution in [-0.2, 0) is 4.79 Å². The number of benzene rings is 1. The molecule has 0 aliphatic carbocycles. The van der Waals surface area contributed by atoms with Crippen LogP contribution in [0.15, 0.2) is 27.6 Å². The second-order valence-corrected chi connectivity index (χ2v) is 6.89. The molecular formula is C14H15BrClN3O2S. The van der Waals surface area contributed by atoms with Gasteiger partial charge in [-0.25, -0.2) is 0 Å². The highest BCUT2D eigenvalue weighted by molar-refractivity contribution is 9.10. The number of para-hydroxylation sites is 1. The molecule has 8 heteroatoms. The smallest absolute Gasteiger partial charge is 0.290 e. The number of nitrogens with zero attached hydrogens (tertiary/aromatic N) is 1. The molecule has 1 aromatic carbocycles. The predicted octanol–water partition coefficient (Wildman–Crippen LogP) is 2.73. The maximum atomic E-state index is 11.7. The van der Waals surface area contributed by atoms with E-state index in [9.17, 15) is 9.59 Å². The minimum atomic E-state index is -0.339. The Kier molecular flexibility index (Phi) is 5.55. The van der Waals surface area contributed by atoms with E-state index < -0.39 is 0 Å². The van der Waals surface area contributed by atoms with E-state index in [0.717, 1.165) is 47.0 Å². The Morgan fingerprint density at radius 1 is 1.41 bits per heavy atom. The third-order valence-corrected chi connectivity index (χ3v) is 4.94. The van der Waals surface area contributed by atoms with Gasteiger partial charge in [-0.2, -0.15) is 0 Å².